The van der Waals surface area contributed by atoms with Crippen LogP contribution in [0, 0.1) is 11.8 Å². The molecule has 0 spiro atoms. The second-order valence-corrected chi connectivity index (χ2v) is 10.2. The highest BCUT2D eigenvalue weighted by molar-refractivity contribution is 7.89. The Morgan fingerprint density at radius 3 is 2.55 bits per heavy atom. The lowest BCUT2D eigenvalue weighted by Gasteiger charge is -2.19. The van der Waals surface area contributed by atoms with Crippen LogP contribution in [0.1, 0.15) is 71.6 Å². The number of esters is 1. The molecule has 190 valence electrons. The summed E-state index contributed by atoms with van der Waals surface area (Å²) in [5, 5.41) is 30.7. The number of carbonyl (C=O) groups is 2. The Morgan fingerprint density at radius 2 is 1.88 bits per heavy atom. The number of aliphatic hydroxyl groups is 3. The van der Waals surface area contributed by atoms with Gasteiger partial charge in [0.2, 0.25) is 11.8 Å². The Bertz CT molecular complexity index is 764. The van der Waals surface area contributed by atoms with E-state index in [0.29, 0.717) is 32.1 Å². The predicted octanol–water partition coefficient (Wildman–Crippen LogP) is 1.92. The van der Waals surface area contributed by atoms with Gasteiger partial charge in [-0.05, 0) is 31.6 Å². The van der Waals surface area contributed by atoms with Gasteiger partial charge in [0.1, 0.15) is 0 Å². The van der Waals surface area contributed by atoms with Gasteiger partial charge in [-0.25, -0.2) is 8.42 Å². The molecule has 5 atom stereocenters. The minimum Gasteiger partial charge on any atom is -0.447 e. The molecule has 0 aromatic carbocycles. The molecule has 0 radical (unpaired) electrons. The van der Waals surface area contributed by atoms with Crippen LogP contribution in [0.4, 0.5) is 0 Å². The van der Waals surface area contributed by atoms with Gasteiger partial charge in [-0.15, -0.1) is 0 Å². The van der Waals surface area contributed by atoms with Gasteiger partial charge in [-0.3, -0.25) is 14.3 Å². The molecular formula is C23H39NO8S. The van der Waals surface area contributed by atoms with Crippen molar-refractivity contribution in [1.82, 2.24) is 4.72 Å². The van der Waals surface area contributed by atoms with Gasteiger partial charge in [0.05, 0.1) is 18.3 Å². The van der Waals surface area contributed by atoms with Crippen molar-refractivity contribution in [2.24, 2.45) is 11.8 Å². The van der Waals surface area contributed by atoms with Crippen molar-refractivity contribution >= 4 is 21.9 Å². The number of carbonyl (C=O) groups excluding carboxylic acids is 2. The molecule has 0 aromatic rings. The number of hydrogen-bond donors (Lipinski definition) is 4. The van der Waals surface area contributed by atoms with Crippen LogP contribution in [0.2, 0.25) is 0 Å². The van der Waals surface area contributed by atoms with Crippen molar-refractivity contribution in [3.8, 4) is 0 Å². The number of aliphatic hydroxyl groups excluding tert-OH is 3. The Labute approximate surface area is 197 Å². The second-order valence-electron chi connectivity index (χ2n) is 8.55. The average Bonchev–Trinajstić information content (AvgIpc) is 2.99. The van der Waals surface area contributed by atoms with Crippen molar-refractivity contribution in [2.45, 2.75) is 89.9 Å². The molecule has 1 aliphatic carbocycles. The highest BCUT2D eigenvalue weighted by Crippen LogP contribution is 2.36. The SMILES string of the molecule is CCCCC[C@H](O)/C=C/[C@@H]1[C@@H](C/C=C/CCCC(=O)NS(=O)(=O)COC(C)=O)[C@@H](O)C[C@H]1O. The van der Waals surface area contributed by atoms with Crippen molar-refractivity contribution in [1.29, 1.82) is 0 Å². The zero-order chi connectivity index (χ0) is 24.9. The van der Waals surface area contributed by atoms with Crippen LogP contribution in [0.3, 0.4) is 0 Å². The molecule has 0 aliphatic heterocycles. The summed E-state index contributed by atoms with van der Waals surface area (Å²) in [6.07, 6.45) is 11.0. The minimum absolute atomic E-state index is 0.00427. The molecule has 1 aliphatic rings. The first-order valence-corrected chi connectivity index (χ1v) is 13.2. The maximum Gasteiger partial charge on any atom is 0.303 e. The van der Waals surface area contributed by atoms with Crippen molar-refractivity contribution < 1.29 is 38.1 Å². The molecule has 9 nitrogen and oxygen atoms in total. The highest BCUT2D eigenvalue weighted by Gasteiger charge is 2.39. The first kappa shape index (κ1) is 29.3. The lowest BCUT2D eigenvalue weighted by molar-refractivity contribution is -0.139. The second kappa shape index (κ2) is 15.2. The summed E-state index contributed by atoms with van der Waals surface area (Å²) < 4.78 is 29.4. The van der Waals surface area contributed by atoms with Gasteiger partial charge >= 0.3 is 5.97 Å². The van der Waals surface area contributed by atoms with Gasteiger partial charge < -0.3 is 20.1 Å². The summed E-state index contributed by atoms with van der Waals surface area (Å²) in [5.74, 6) is -2.72. The number of unbranched alkanes of at least 4 members (excludes halogenated alkanes) is 3. The first-order chi connectivity index (χ1) is 15.6. The standard InChI is InChI=1S/C23H39NO8S/c1-3-4-7-10-18(26)13-14-20-19(21(27)15-22(20)28)11-8-5-6-9-12-23(29)24-33(30,31)16-32-17(2)25/h5,8,13-14,18-22,26-28H,3-4,6-7,9-12,15-16H2,1-2H3,(H,24,29)/b8-5+,14-13+/t18-,19+,20+,21-,22+/m0/s1. The maximum absolute atomic E-state index is 11.7. The van der Waals surface area contributed by atoms with E-state index in [2.05, 4.69) is 11.7 Å². The molecule has 33 heavy (non-hydrogen) atoms. The Hall–Kier alpha value is -1.75. The Morgan fingerprint density at radius 1 is 1.15 bits per heavy atom. The van der Waals surface area contributed by atoms with E-state index in [4.69, 9.17) is 0 Å². The van der Waals surface area contributed by atoms with Crippen LogP contribution in [-0.4, -0.2) is 59.9 Å². The van der Waals surface area contributed by atoms with Gasteiger partial charge in [0.25, 0.3) is 10.0 Å². The number of sulfonamides is 1. The molecule has 0 saturated heterocycles. The summed E-state index contributed by atoms with van der Waals surface area (Å²) >= 11 is 0. The molecule has 0 unspecified atom stereocenters. The summed E-state index contributed by atoms with van der Waals surface area (Å²) in [5.41, 5.74) is 0. The number of hydrogen-bond acceptors (Lipinski definition) is 8. The summed E-state index contributed by atoms with van der Waals surface area (Å²) in [6.45, 7) is 3.18. The highest BCUT2D eigenvalue weighted by atomic mass is 32.2. The van der Waals surface area contributed by atoms with Crippen LogP contribution in [0.25, 0.3) is 0 Å². The third-order valence-electron chi connectivity index (χ3n) is 5.61. The van der Waals surface area contributed by atoms with E-state index < -0.39 is 46.2 Å². The van der Waals surface area contributed by atoms with E-state index in [9.17, 15) is 33.3 Å². The smallest absolute Gasteiger partial charge is 0.303 e. The fourth-order valence-corrected chi connectivity index (χ4v) is 4.66. The van der Waals surface area contributed by atoms with Gasteiger partial charge in [-0.1, -0.05) is 50.5 Å². The van der Waals surface area contributed by atoms with Gasteiger partial charge in [0, 0.05) is 25.7 Å². The van der Waals surface area contributed by atoms with Crippen molar-refractivity contribution in [2.75, 3.05) is 5.94 Å². The number of allylic oxidation sites excluding steroid dienone is 2. The summed E-state index contributed by atoms with van der Waals surface area (Å²) in [7, 11) is -4.01. The summed E-state index contributed by atoms with van der Waals surface area (Å²) in [4.78, 5) is 22.4. The number of rotatable bonds is 15. The molecular weight excluding hydrogens is 450 g/mol. The summed E-state index contributed by atoms with van der Waals surface area (Å²) in [6, 6.07) is 0. The molecule has 0 heterocycles. The number of ether oxygens (including phenoxy) is 1. The molecule has 0 bridgehead atoms. The quantitative estimate of drug-likeness (QED) is 0.155. The van der Waals surface area contributed by atoms with Crippen LogP contribution >= 0.6 is 0 Å². The zero-order valence-electron chi connectivity index (χ0n) is 19.6. The van der Waals surface area contributed by atoms with E-state index in [1.54, 1.807) is 6.08 Å². The fourth-order valence-electron chi connectivity index (χ4n) is 3.83. The largest absolute Gasteiger partial charge is 0.447 e. The Balaban J connectivity index is 2.41. The molecule has 0 aromatic heterocycles. The van der Waals surface area contributed by atoms with Crippen molar-refractivity contribution in [3.05, 3.63) is 24.3 Å². The predicted molar refractivity (Wildman–Crippen MR) is 124 cm³/mol. The average molecular weight is 490 g/mol. The number of amides is 1. The molecule has 1 amide bonds. The van der Waals surface area contributed by atoms with Gasteiger partial charge in [-0.2, -0.15) is 0 Å². The fraction of sp³-hybridized carbons (Fsp3) is 0.739. The molecule has 4 N–H and O–H groups in total. The third-order valence-corrected chi connectivity index (χ3v) is 6.58. The first-order valence-electron chi connectivity index (χ1n) is 11.6. The van der Waals surface area contributed by atoms with Crippen LogP contribution in [0.5, 0.6) is 0 Å². The lowest BCUT2D eigenvalue weighted by Crippen LogP contribution is -2.33. The Kier molecular flexibility index (Phi) is 13.5. The number of nitrogens with one attached hydrogen (secondary N) is 1. The van der Waals surface area contributed by atoms with Crippen LogP contribution in [-0.2, 0) is 24.3 Å². The molecule has 10 heteroatoms. The molecule has 1 rings (SSSR count). The lowest BCUT2D eigenvalue weighted by atomic mass is 9.89. The van der Waals surface area contributed by atoms with E-state index in [0.717, 1.165) is 26.2 Å². The topological polar surface area (TPSA) is 150 Å². The maximum atomic E-state index is 11.7. The van der Waals surface area contributed by atoms with E-state index >= 15 is 0 Å². The monoisotopic (exact) mass is 489 g/mol. The van der Waals surface area contributed by atoms with Crippen molar-refractivity contribution in [3.63, 3.8) is 0 Å². The minimum atomic E-state index is -4.01. The zero-order valence-corrected chi connectivity index (χ0v) is 20.4. The normalized spacial score (nSPS) is 24.4. The van der Waals surface area contributed by atoms with Crippen LogP contribution in [0.15, 0.2) is 24.3 Å². The van der Waals surface area contributed by atoms with E-state index in [-0.39, 0.29) is 18.3 Å². The van der Waals surface area contributed by atoms with Gasteiger partial charge in [0.15, 0.2) is 0 Å². The van der Waals surface area contributed by atoms with E-state index in [1.165, 1.54) is 0 Å². The van der Waals surface area contributed by atoms with E-state index in [1.807, 2.05) is 23.0 Å². The van der Waals surface area contributed by atoms with Crippen LogP contribution < -0.4 is 4.72 Å². The molecule has 1 saturated carbocycles. The molecule has 1 fully saturated rings. The third kappa shape index (κ3) is 12.3.